The summed E-state index contributed by atoms with van der Waals surface area (Å²) in [6.07, 6.45) is 2.99. The second-order valence-corrected chi connectivity index (χ2v) is 7.13. The lowest BCUT2D eigenvalue weighted by atomic mass is 10.3. The Bertz CT molecular complexity index is 573. The number of benzene rings is 1. The average molecular weight is 411 g/mol. The molecule has 1 aromatic rings. The lowest BCUT2D eigenvalue weighted by Crippen LogP contribution is -2.41. The smallest absolute Gasteiger partial charge is 0.226 e. The summed E-state index contributed by atoms with van der Waals surface area (Å²) in [5.74, 6) is 1.53. The van der Waals surface area contributed by atoms with Gasteiger partial charge in [0.1, 0.15) is 0 Å². The molecule has 1 aliphatic carbocycles. The van der Waals surface area contributed by atoms with Gasteiger partial charge in [-0.1, -0.05) is 15.9 Å². The molecule has 138 valence electrons. The molecule has 1 aliphatic rings. The molecule has 2 rings (SSSR count). The zero-order chi connectivity index (χ0) is 18.1. The fourth-order valence-electron chi connectivity index (χ4n) is 2.27. The maximum absolute atomic E-state index is 12.0. The Morgan fingerprint density at radius 2 is 2.08 bits per heavy atom. The molecule has 1 saturated carbocycles. The Morgan fingerprint density at radius 3 is 2.72 bits per heavy atom. The molecule has 2 N–H and O–H groups in total. The summed E-state index contributed by atoms with van der Waals surface area (Å²) in [5, 5.41) is 6.08. The summed E-state index contributed by atoms with van der Waals surface area (Å²) in [4.78, 5) is 18.2. The molecule has 0 atom stereocenters. The Balaban J connectivity index is 1.61. The number of carbonyl (C=O) groups is 1. The quantitative estimate of drug-likeness (QED) is 0.373. The third-order valence-corrected chi connectivity index (χ3v) is 4.49. The van der Waals surface area contributed by atoms with E-state index in [0.29, 0.717) is 19.6 Å². The van der Waals surface area contributed by atoms with Gasteiger partial charge >= 0.3 is 0 Å². The minimum atomic E-state index is -0.0271. The number of ether oxygens (including phenoxy) is 1. The van der Waals surface area contributed by atoms with E-state index in [1.807, 2.05) is 36.2 Å². The molecule has 0 aromatic heterocycles. The lowest BCUT2D eigenvalue weighted by molar-refractivity contribution is -0.116. The van der Waals surface area contributed by atoms with Crippen LogP contribution in [-0.2, 0) is 9.53 Å². The number of rotatable bonds is 9. The van der Waals surface area contributed by atoms with Crippen LogP contribution in [0.25, 0.3) is 0 Å². The predicted octanol–water partition coefficient (Wildman–Crippen LogP) is 2.71. The number of likely N-dealkylation sites (N-methyl/N-ethyl adjacent to an activating group) is 1. The first-order valence-electron chi connectivity index (χ1n) is 8.63. The molecule has 0 spiro atoms. The maximum atomic E-state index is 12.0. The van der Waals surface area contributed by atoms with E-state index in [9.17, 15) is 4.79 Å². The predicted molar refractivity (Wildman–Crippen MR) is 105 cm³/mol. The SMILES string of the molecule is CN=C(NCCC(=O)Nc1ccc(Br)cc1)N(C)CCOCC1CC1. The number of hydrogen-bond acceptors (Lipinski definition) is 3. The van der Waals surface area contributed by atoms with Crippen molar-refractivity contribution in [1.82, 2.24) is 10.2 Å². The van der Waals surface area contributed by atoms with Crippen LogP contribution in [0.3, 0.4) is 0 Å². The van der Waals surface area contributed by atoms with Crippen molar-refractivity contribution < 1.29 is 9.53 Å². The number of nitrogens with one attached hydrogen (secondary N) is 2. The van der Waals surface area contributed by atoms with Crippen LogP contribution in [0.5, 0.6) is 0 Å². The number of anilines is 1. The summed E-state index contributed by atoms with van der Waals surface area (Å²) in [7, 11) is 3.71. The molecule has 1 fully saturated rings. The fourth-order valence-corrected chi connectivity index (χ4v) is 2.54. The summed E-state index contributed by atoms with van der Waals surface area (Å²) in [6.45, 7) is 2.87. The highest BCUT2D eigenvalue weighted by Gasteiger charge is 2.21. The van der Waals surface area contributed by atoms with Crippen molar-refractivity contribution in [2.24, 2.45) is 10.9 Å². The standard InChI is InChI=1S/C18H27BrN4O2/c1-20-18(23(2)11-12-25-13-14-3-4-14)21-10-9-17(24)22-16-7-5-15(19)6-8-16/h5-8,14H,3-4,9-13H2,1-2H3,(H,20,21)(H,22,24). The number of carbonyl (C=O) groups excluding carboxylic acids is 1. The van der Waals surface area contributed by atoms with Crippen LogP contribution in [-0.4, -0.2) is 57.2 Å². The van der Waals surface area contributed by atoms with E-state index >= 15 is 0 Å². The molecular formula is C18H27BrN4O2. The van der Waals surface area contributed by atoms with Gasteiger partial charge in [0.05, 0.1) is 6.61 Å². The van der Waals surface area contributed by atoms with Crippen molar-refractivity contribution in [2.45, 2.75) is 19.3 Å². The first-order chi connectivity index (χ1) is 12.1. The van der Waals surface area contributed by atoms with Crippen molar-refractivity contribution in [2.75, 3.05) is 45.7 Å². The van der Waals surface area contributed by atoms with Crippen molar-refractivity contribution >= 4 is 33.5 Å². The Hall–Kier alpha value is -1.60. The van der Waals surface area contributed by atoms with Gasteiger partial charge in [-0.15, -0.1) is 0 Å². The van der Waals surface area contributed by atoms with Gasteiger partial charge in [-0.2, -0.15) is 0 Å². The van der Waals surface area contributed by atoms with Crippen molar-refractivity contribution in [1.29, 1.82) is 0 Å². The average Bonchev–Trinajstić information content (AvgIpc) is 3.42. The van der Waals surface area contributed by atoms with Crippen LogP contribution in [0.2, 0.25) is 0 Å². The summed E-state index contributed by atoms with van der Waals surface area (Å²) in [5.41, 5.74) is 0.794. The normalized spacial score (nSPS) is 14.3. The molecule has 1 aromatic carbocycles. The number of halogens is 1. The lowest BCUT2D eigenvalue weighted by Gasteiger charge is -2.22. The molecule has 0 bridgehead atoms. The molecule has 0 saturated heterocycles. The molecule has 0 radical (unpaired) electrons. The third kappa shape index (κ3) is 7.88. The van der Waals surface area contributed by atoms with Crippen LogP contribution >= 0.6 is 15.9 Å². The summed E-state index contributed by atoms with van der Waals surface area (Å²) < 4.78 is 6.63. The number of amides is 1. The highest BCUT2D eigenvalue weighted by molar-refractivity contribution is 9.10. The van der Waals surface area contributed by atoms with Gasteiger partial charge in [0.2, 0.25) is 5.91 Å². The molecule has 6 nitrogen and oxygen atoms in total. The molecule has 0 aliphatic heterocycles. The fraction of sp³-hybridized carbons (Fsp3) is 0.556. The van der Waals surface area contributed by atoms with Crippen LogP contribution < -0.4 is 10.6 Å². The summed E-state index contributed by atoms with van der Waals surface area (Å²) in [6, 6.07) is 7.53. The van der Waals surface area contributed by atoms with E-state index in [-0.39, 0.29) is 5.91 Å². The maximum Gasteiger partial charge on any atom is 0.226 e. The monoisotopic (exact) mass is 410 g/mol. The van der Waals surface area contributed by atoms with Crippen LogP contribution in [0.1, 0.15) is 19.3 Å². The Labute approximate surface area is 158 Å². The number of hydrogen-bond donors (Lipinski definition) is 2. The van der Waals surface area contributed by atoms with Crippen LogP contribution in [0, 0.1) is 5.92 Å². The Morgan fingerprint density at radius 1 is 1.36 bits per heavy atom. The van der Waals surface area contributed by atoms with Crippen molar-refractivity contribution in [3.63, 3.8) is 0 Å². The number of aliphatic imine (C=N–C) groups is 1. The van der Waals surface area contributed by atoms with E-state index in [0.717, 1.165) is 35.2 Å². The number of guanidine groups is 1. The van der Waals surface area contributed by atoms with Gasteiger partial charge < -0.3 is 20.3 Å². The minimum absolute atomic E-state index is 0.0271. The molecule has 0 heterocycles. The zero-order valence-electron chi connectivity index (χ0n) is 14.9. The summed E-state index contributed by atoms with van der Waals surface area (Å²) >= 11 is 3.37. The first-order valence-corrected chi connectivity index (χ1v) is 9.42. The number of nitrogens with zero attached hydrogens (tertiary/aromatic N) is 2. The molecule has 0 unspecified atom stereocenters. The highest BCUT2D eigenvalue weighted by atomic mass is 79.9. The van der Waals surface area contributed by atoms with Crippen LogP contribution in [0.15, 0.2) is 33.7 Å². The molecule has 7 heteroatoms. The van der Waals surface area contributed by atoms with Crippen LogP contribution in [0.4, 0.5) is 5.69 Å². The molecule has 1 amide bonds. The van der Waals surface area contributed by atoms with Gasteiger partial charge in [-0.05, 0) is 43.0 Å². The van der Waals surface area contributed by atoms with E-state index in [1.54, 1.807) is 7.05 Å². The molecular weight excluding hydrogens is 384 g/mol. The van der Waals surface area contributed by atoms with Crippen molar-refractivity contribution in [3.05, 3.63) is 28.7 Å². The second kappa shape index (κ2) is 10.4. The topological polar surface area (TPSA) is 66.0 Å². The van der Waals surface area contributed by atoms with Gasteiger partial charge in [-0.3, -0.25) is 9.79 Å². The zero-order valence-corrected chi connectivity index (χ0v) is 16.5. The first kappa shape index (κ1) is 19.7. The Kier molecular flexibility index (Phi) is 8.21. The highest BCUT2D eigenvalue weighted by Crippen LogP contribution is 2.28. The van der Waals surface area contributed by atoms with Gasteiger partial charge in [0, 0.05) is 50.4 Å². The van der Waals surface area contributed by atoms with E-state index in [4.69, 9.17) is 4.74 Å². The van der Waals surface area contributed by atoms with Gasteiger partial charge in [0.15, 0.2) is 5.96 Å². The van der Waals surface area contributed by atoms with E-state index in [1.165, 1.54) is 12.8 Å². The van der Waals surface area contributed by atoms with E-state index in [2.05, 4.69) is 31.6 Å². The largest absolute Gasteiger partial charge is 0.379 e. The van der Waals surface area contributed by atoms with Crippen molar-refractivity contribution in [3.8, 4) is 0 Å². The van der Waals surface area contributed by atoms with Gasteiger partial charge in [-0.25, -0.2) is 0 Å². The third-order valence-electron chi connectivity index (χ3n) is 3.96. The molecule has 25 heavy (non-hydrogen) atoms. The van der Waals surface area contributed by atoms with E-state index < -0.39 is 0 Å². The minimum Gasteiger partial charge on any atom is -0.379 e. The second-order valence-electron chi connectivity index (χ2n) is 6.22. The van der Waals surface area contributed by atoms with Gasteiger partial charge in [0.25, 0.3) is 0 Å².